The van der Waals surface area contributed by atoms with Crippen molar-refractivity contribution in [3.63, 3.8) is 0 Å². The summed E-state index contributed by atoms with van der Waals surface area (Å²) in [5, 5.41) is 2.93. The fourth-order valence-corrected chi connectivity index (χ4v) is 2.98. The Morgan fingerprint density at radius 2 is 1.84 bits per heavy atom. The number of benzene rings is 2. The predicted molar refractivity (Wildman–Crippen MR) is 99.6 cm³/mol. The molecule has 25 heavy (non-hydrogen) atoms. The molecular formula is C20H23N3O2. The van der Waals surface area contributed by atoms with Gasteiger partial charge in [-0.15, -0.1) is 0 Å². The second kappa shape index (κ2) is 7.83. The van der Waals surface area contributed by atoms with E-state index < -0.39 is 0 Å². The van der Waals surface area contributed by atoms with Gasteiger partial charge in [0.1, 0.15) is 0 Å². The summed E-state index contributed by atoms with van der Waals surface area (Å²) in [5.41, 5.74) is 2.71. The summed E-state index contributed by atoms with van der Waals surface area (Å²) in [6, 6.07) is 17.3. The molecule has 0 aliphatic carbocycles. The van der Waals surface area contributed by atoms with Crippen molar-refractivity contribution in [2.24, 2.45) is 0 Å². The number of carbonyl (C=O) groups is 2. The van der Waals surface area contributed by atoms with Crippen LogP contribution in [-0.4, -0.2) is 29.9 Å². The van der Waals surface area contributed by atoms with Gasteiger partial charge in [0.05, 0.1) is 0 Å². The Hall–Kier alpha value is -2.82. The molecule has 2 aromatic carbocycles. The van der Waals surface area contributed by atoms with Crippen LogP contribution in [0.2, 0.25) is 0 Å². The maximum Gasteiger partial charge on any atom is 0.322 e. The van der Waals surface area contributed by atoms with E-state index in [0.717, 1.165) is 29.9 Å². The van der Waals surface area contributed by atoms with E-state index in [1.54, 1.807) is 9.80 Å². The highest BCUT2D eigenvalue weighted by Crippen LogP contribution is 2.23. The summed E-state index contributed by atoms with van der Waals surface area (Å²) in [6.45, 7) is 3.93. The lowest BCUT2D eigenvalue weighted by Crippen LogP contribution is -2.34. The lowest BCUT2D eigenvalue weighted by atomic mass is 10.2. The number of nitrogens with one attached hydrogen (secondary N) is 1. The van der Waals surface area contributed by atoms with E-state index in [-0.39, 0.29) is 11.9 Å². The fourth-order valence-electron chi connectivity index (χ4n) is 2.98. The summed E-state index contributed by atoms with van der Waals surface area (Å²) in [4.78, 5) is 27.8. The summed E-state index contributed by atoms with van der Waals surface area (Å²) >= 11 is 0. The fraction of sp³-hybridized carbons (Fsp3) is 0.300. The molecule has 0 unspecified atom stereocenters. The third-order valence-electron chi connectivity index (χ3n) is 4.39. The van der Waals surface area contributed by atoms with Crippen molar-refractivity contribution in [1.82, 2.24) is 4.90 Å². The number of hydrogen-bond donors (Lipinski definition) is 1. The van der Waals surface area contributed by atoms with Crippen molar-refractivity contribution in [3.05, 3.63) is 60.2 Å². The number of hydrogen-bond acceptors (Lipinski definition) is 2. The van der Waals surface area contributed by atoms with Crippen LogP contribution in [0.3, 0.4) is 0 Å². The minimum atomic E-state index is -0.128. The molecule has 3 amide bonds. The van der Waals surface area contributed by atoms with E-state index in [1.807, 2.05) is 61.5 Å². The normalized spacial score (nSPS) is 13.8. The third kappa shape index (κ3) is 4.18. The smallest absolute Gasteiger partial charge is 0.320 e. The monoisotopic (exact) mass is 337 g/mol. The first-order valence-corrected chi connectivity index (χ1v) is 8.67. The predicted octanol–water partition coefficient (Wildman–Crippen LogP) is 3.87. The quantitative estimate of drug-likeness (QED) is 0.900. The zero-order chi connectivity index (χ0) is 17.6. The van der Waals surface area contributed by atoms with E-state index in [2.05, 4.69) is 5.32 Å². The molecule has 5 nitrogen and oxygen atoms in total. The van der Waals surface area contributed by atoms with Gasteiger partial charge in [-0.25, -0.2) is 4.79 Å². The first kappa shape index (κ1) is 17.0. The Morgan fingerprint density at radius 1 is 1.12 bits per heavy atom. The van der Waals surface area contributed by atoms with Crippen LogP contribution in [0.5, 0.6) is 0 Å². The Bertz CT molecular complexity index is 728. The van der Waals surface area contributed by atoms with Crippen molar-refractivity contribution in [2.45, 2.75) is 26.3 Å². The minimum Gasteiger partial charge on any atom is -0.320 e. The second-order valence-electron chi connectivity index (χ2n) is 6.13. The number of nitrogens with zero attached hydrogens (tertiary/aromatic N) is 2. The summed E-state index contributed by atoms with van der Waals surface area (Å²) in [6.07, 6.45) is 1.52. The van der Waals surface area contributed by atoms with Gasteiger partial charge < -0.3 is 15.1 Å². The average Bonchev–Trinajstić information content (AvgIpc) is 3.07. The third-order valence-corrected chi connectivity index (χ3v) is 4.39. The van der Waals surface area contributed by atoms with Gasteiger partial charge in [0, 0.05) is 37.4 Å². The topological polar surface area (TPSA) is 52.7 Å². The van der Waals surface area contributed by atoms with Crippen LogP contribution in [0.1, 0.15) is 25.3 Å². The Morgan fingerprint density at radius 3 is 2.44 bits per heavy atom. The van der Waals surface area contributed by atoms with Crippen LogP contribution in [0.25, 0.3) is 0 Å². The summed E-state index contributed by atoms with van der Waals surface area (Å²) in [5.74, 6) is 0.164. The molecule has 1 saturated heterocycles. The van der Waals surface area contributed by atoms with E-state index in [1.165, 1.54) is 0 Å². The lowest BCUT2D eigenvalue weighted by molar-refractivity contribution is -0.117. The van der Waals surface area contributed by atoms with Crippen molar-refractivity contribution >= 4 is 23.3 Å². The van der Waals surface area contributed by atoms with E-state index in [0.29, 0.717) is 19.5 Å². The average molecular weight is 337 g/mol. The van der Waals surface area contributed by atoms with Crippen LogP contribution in [-0.2, 0) is 11.3 Å². The van der Waals surface area contributed by atoms with Crippen LogP contribution >= 0.6 is 0 Å². The number of urea groups is 1. The molecule has 1 N–H and O–H groups in total. The van der Waals surface area contributed by atoms with Crippen molar-refractivity contribution in [1.29, 1.82) is 0 Å². The second-order valence-corrected chi connectivity index (χ2v) is 6.13. The van der Waals surface area contributed by atoms with Gasteiger partial charge in [-0.05, 0) is 43.2 Å². The molecule has 3 rings (SSSR count). The Balaban J connectivity index is 1.62. The van der Waals surface area contributed by atoms with Crippen molar-refractivity contribution in [3.8, 4) is 0 Å². The minimum absolute atomic E-state index is 0.128. The highest BCUT2D eigenvalue weighted by Gasteiger charge is 2.21. The molecule has 0 radical (unpaired) electrons. The highest BCUT2D eigenvalue weighted by molar-refractivity contribution is 5.96. The lowest BCUT2D eigenvalue weighted by Gasteiger charge is -2.22. The number of rotatable bonds is 5. The van der Waals surface area contributed by atoms with Gasteiger partial charge in [-0.2, -0.15) is 0 Å². The number of carbonyl (C=O) groups excluding carboxylic acids is 2. The van der Waals surface area contributed by atoms with Crippen LogP contribution in [0.4, 0.5) is 16.2 Å². The standard InChI is InChI=1S/C20H23N3O2/c1-2-22(15-16-7-4-3-5-8-16)20(25)21-17-10-12-18(13-11-17)23-14-6-9-19(23)24/h3-5,7-8,10-13H,2,6,9,14-15H2,1H3,(H,21,25). The maximum atomic E-state index is 12.5. The molecule has 0 aromatic heterocycles. The number of amides is 3. The molecule has 0 spiro atoms. The van der Waals surface area contributed by atoms with Crippen LogP contribution in [0, 0.1) is 0 Å². The molecule has 130 valence electrons. The van der Waals surface area contributed by atoms with Gasteiger partial charge in [-0.3, -0.25) is 4.79 Å². The van der Waals surface area contributed by atoms with Gasteiger partial charge in [0.25, 0.3) is 0 Å². The SMILES string of the molecule is CCN(Cc1ccccc1)C(=O)Nc1ccc(N2CCCC2=O)cc1. The molecule has 1 aliphatic rings. The molecule has 1 fully saturated rings. The highest BCUT2D eigenvalue weighted by atomic mass is 16.2. The van der Waals surface area contributed by atoms with Gasteiger partial charge >= 0.3 is 6.03 Å². The van der Waals surface area contributed by atoms with E-state index >= 15 is 0 Å². The largest absolute Gasteiger partial charge is 0.322 e. The molecule has 0 saturated carbocycles. The molecule has 2 aromatic rings. The molecule has 1 heterocycles. The van der Waals surface area contributed by atoms with Gasteiger partial charge in [-0.1, -0.05) is 30.3 Å². The number of anilines is 2. The van der Waals surface area contributed by atoms with Gasteiger partial charge in [0.2, 0.25) is 5.91 Å². The van der Waals surface area contributed by atoms with Crippen LogP contribution < -0.4 is 10.2 Å². The molecule has 5 heteroatoms. The van der Waals surface area contributed by atoms with Crippen LogP contribution in [0.15, 0.2) is 54.6 Å². The zero-order valence-corrected chi connectivity index (χ0v) is 14.4. The van der Waals surface area contributed by atoms with Gasteiger partial charge in [0.15, 0.2) is 0 Å². The van der Waals surface area contributed by atoms with E-state index in [4.69, 9.17) is 0 Å². The van der Waals surface area contributed by atoms with Crippen molar-refractivity contribution < 1.29 is 9.59 Å². The Labute approximate surface area is 148 Å². The maximum absolute atomic E-state index is 12.5. The van der Waals surface area contributed by atoms with E-state index in [9.17, 15) is 9.59 Å². The molecule has 0 bridgehead atoms. The first-order valence-electron chi connectivity index (χ1n) is 8.67. The Kier molecular flexibility index (Phi) is 5.33. The van der Waals surface area contributed by atoms with Crippen molar-refractivity contribution in [2.75, 3.05) is 23.3 Å². The molecular weight excluding hydrogens is 314 g/mol. The molecule has 0 atom stereocenters. The first-order chi connectivity index (χ1) is 12.2. The summed E-state index contributed by atoms with van der Waals surface area (Å²) in [7, 11) is 0. The summed E-state index contributed by atoms with van der Waals surface area (Å²) < 4.78 is 0. The molecule has 1 aliphatic heterocycles. The zero-order valence-electron chi connectivity index (χ0n) is 14.4.